The molecule has 0 spiro atoms. The zero-order valence-corrected chi connectivity index (χ0v) is 18.4. The van der Waals surface area contributed by atoms with Crippen LogP contribution < -0.4 is 10.1 Å². The molecule has 9 heteroatoms. The van der Waals surface area contributed by atoms with Gasteiger partial charge in [-0.05, 0) is 56.2 Å². The van der Waals surface area contributed by atoms with E-state index in [-0.39, 0.29) is 0 Å². The SMILES string of the molecule is COc1cccc(CC[C@H]2C(=O)N(C(=O)N[C@@H](C3CCCCC3)C(F)(F)F)C2C(C)O)c1. The molecule has 1 aromatic carbocycles. The highest BCUT2D eigenvalue weighted by atomic mass is 19.4. The fourth-order valence-corrected chi connectivity index (χ4v) is 4.94. The third-order valence-electron chi connectivity index (χ3n) is 6.61. The number of amides is 3. The number of ether oxygens (including phenoxy) is 1. The Morgan fingerprint density at radius 2 is 1.97 bits per heavy atom. The van der Waals surface area contributed by atoms with Gasteiger partial charge in [-0.1, -0.05) is 31.4 Å². The molecule has 1 aliphatic heterocycles. The van der Waals surface area contributed by atoms with Crippen molar-refractivity contribution in [3.63, 3.8) is 0 Å². The Hall–Kier alpha value is -2.29. The Kier molecular flexibility index (Phi) is 7.69. The third kappa shape index (κ3) is 5.36. The number of nitrogens with one attached hydrogen (secondary N) is 1. The molecular weight excluding hydrogens is 425 g/mol. The highest BCUT2D eigenvalue weighted by Gasteiger charge is 2.54. The molecule has 0 aromatic heterocycles. The van der Waals surface area contributed by atoms with E-state index in [2.05, 4.69) is 5.32 Å². The summed E-state index contributed by atoms with van der Waals surface area (Å²) in [6.07, 6.45) is -1.71. The van der Waals surface area contributed by atoms with Crippen molar-refractivity contribution in [3.8, 4) is 5.75 Å². The van der Waals surface area contributed by atoms with Gasteiger partial charge in [0.2, 0.25) is 5.91 Å². The Morgan fingerprint density at radius 3 is 2.56 bits per heavy atom. The maximum absolute atomic E-state index is 13.7. The second-order valence-corrected chi connectivity index (χ2v) is 8.80. The number of nitrogens with zero attached hydrogens (tertiary/aromatic N) is 1. The largest absolute Gasteiger partial charge is 0.497 e. The summed E-state index contributed by atoms with van der Waals surface area (Å²) in [4.78, 5) is 26.2. The Balaban J connectivity index is 1.67. The van der Waals surface area contributed by atoms with E-state index in [1.165, 1.54) is 6.92 Å². The number of β-lactam (4-membered cyclic amide) rings is 1. The number of alkyl halides is 3. The van der Waals surface area contributed by atoms with Crippen LogP contribution in [0.5, 0.6) is 5.75 Å². The summed E-state index contributed by atoms with van der Waals surface area (Å²) in [6.45, 7) is 1.44. The minimum atomic E-state index is -4.60. The number of urea groups is 1. The van der Waals surface area contributed by atoms with E-state index in [1.807, 2.05) is 18.2 Å². The lowest BCUT2D eigenvalue weighted by atomic mass is 9.80. The maximum atomic E-state index is 13.7. The van der Waals surface area contributed by atoms with Crippen molar-refractivity contribution >= 4 is 11.9 Å². The first-order valence-electron chi connectivity index (χ1n) is 11.1. The second-order valence-electron chi connectivity index (χ2n) is 8.80. The van der Waals surface area contributed by atoms with Gasteiger partial charge in [0.1, 0.15) is 11.8 Å². The van der Waals surface area contributed by atoms with Gasteiger partial charge >= 0.3 is 12.2 Å². The molecule has 4 atom stereocenters. The number of rotatable bonds is 7. The van der Waals surface area contributed by atoms with Crippen LogP contribution in [-0.4, -0.2) is 53.4 Å². The van der Waals surface area contributed by atoms with Gasteiger partial charge in [-0.2, -0.15) is 13.2 Å². The fourth-order valence-electron chi connectivity index (χ4n) is 4.94. The van der Waals surface area contributed by atoms with Crippen LogP contribution in [0.2, 0.25) is 0 Å². The number of hydrogen-bond donors (Lipinski definition) is 2. The summed E-state index contributed by atoms with van der Waals surface area (Å²) in [5.41, 5.74) is 0.929. The number of carbonyl (C=O) groups is 2. The first kappa shape index (κ1) is 24.4. The Labute approximate surface area is 186 Å². The highest BCUT2D eigenvalue weighted by molar-refractivity contribution is 6.01. The maximum Gasteiger partial charge on any atom is 0.408 e. The second kappa shape index (κ2) is 10.1. The van der Waals surface area contributed by atoms with Crippen LogP contribution in [-0.2, 0) is 11.2 Å². The van der Waals surface area contributed by atoms with E-state index in [0.717, 1.165) is 16.9 Å². The predicted molar refractivity (Wildman–Crippen MR) is 112 cm³/mol. The molecule has 1 aliphatic carbocycles. The summed E-state index contributed by atoms with van der Waals surface area (Å²) in [5, 5.41) is 12.3. The summed E-state index contributed by atoms with van der Waals surface area (Å²) in [7, 11) is 1.55. The van der Waals surface area contributed by atoms with Crippen LogP contribution in [0.25, 0.3) is 0 Å². The van der Waals surface area contributed by atoms with E-state index in [1.54, 1.807) is 13.2 Å². The van der Waals surface area contributed by atoms with Gasteiger partial charge in [0.15, 0.2) is 0 Å². The minimum Gasteiger partial charge on any atom is -0.497 e. The monoisotopic (exact) mass is 456 g/mol. The minimum absolute atomic E-state index is 0.372. The van der Waals surface area contributed by atoms with Gasteiger partial charge in [-0.25, -0.2) is 4.79 Å². The lowest BCUT2D eigenvalue weighted by Gasteiger charge is -2.48. The summed E-state index contributed by atoms with van der Waals surface area (Å²) >= 11 is 0. The smallest absolute Gasteiger partial charge is 0.408 e. The van der Waals surface area contributed by atoms with Crippen molar-refractivity contribution in [1.82, 2.24) is 10.2 Å². The molecule has 3 rings (SSSR count). The number of aryl methyl sites for hydroxylation is 1. The van der Waals surface area contributed by atoms with Gasteiger partial charge in [0.05, 0.1) is 25.2 Å². The molecule has 2 N–H and O–H groups in total. The predicted octanol–water partition coefficient (Wildman–Crippen LogP) is 4.06. The fraction of sp³-hybridized carbons (Fsp3) is 0.652. The van der Waals surface area contributed by atoms with E-state index in [0.29, 0.717) is 44.3 Å². The molecule has 0 radical (unpaired) electrons. The molecule has 1 saturated heterocycles. The van der Waals surface area contributed by atoms with Crippen molar-refractivity contribution in [2.45, 2.75) is 76.2 Å². The van der Waals surface area contributed by atoms with E-state index in [4.69, 9.17) is 4.74 Å². The number of benzene rings is 1. The van der Waals surface area contributed by atoms with Crippen molar-refractivity contribution in [1.29, 1.82) is 0 Å². The molecular formula is C23H31F3N2O4. The number of aliphatic hydroxyl groups is 1. The van der Waals surface area contributed by atoms with Crippen LogP contribution in [0.1, 0.15) is 51.0 Å². The van der Waals surface area contributed by atoms with Crippen LogP contribution >= 0.6 is 0 Å². The van der Waals surface area contributed by atoms with Gasteiger partial charge in [0.25, 0.3) is 0 Å². The van der Waals surface area contributed by atoms with E-state index in [9.17, 15) is 27.9 Å². The number of methoxy groups -OCH3 is 1. The third-order valence-corrected chi connectivity index (χ3v) is 6.61. The molecule has 6 nitrogen and oxygen atoms in total. The molecule has 0 bridgehead atoms. The van der Waals surface area contributed by atoms with E-state index >= 15 is 0 Å². The standard InChI is InChI=1S/C23H31F3N2O4/c1-14(29)19-18(12-11-15-7-6-10-17(13-15)32-2)21(30)28(19)22(31)27-20(23(24,25)26)16-8-4-3-5-9-16/h6-7,10,13-14,16,18-20,29H,3-5,8-9,11-12H2,1-2H3,(H,27,31)/t14?,18-,19?,20+/m1/s1. The number of carbonyl (C=O) groups excluding carboxylic acids is 2. The molecule has 178 valence electrons. The lowest BCUT2D eigenvalue weighted by Crippen LogP contribution is -2.70. The van der Waals surface area contributed by atoms with Gasteiger partial charge in [0, 0.05) is 0 Å². The van der Waals surface area contributed by atoms with Crippen LogP contribution in [0, 0.1) is 11.8 Å². The molecule has 32 heavy (non-hydrogen) atoms. The van der Waals surface area contributed by atoms with E-state index < -0.39 is 48.1 Å². The average Bonchev–Trinajstić information content (AvgIpc) is 2.75. The average molecular weight is 457 g/mol. The van der Waals surface area contributed by atoms with Gasteiger partial charge < -0.3 is 15.2 Å². The summed E-state index contributed by atoms with van der Waals surface area (Å²) < 4.78 is 46.2. The van der Waals surface area contributed by atoms with Crippen molar-refractivity contribution in [2.75, 3.05) is 7.11 Å². The summed E-state index contributed by atoms with van der Waals surface area (Å²) in [5.74, 6) is -1.21. The molecule has 1 saturated carbocycles. The Bertz CT molecular complexity index is 809. The van der Waals surface area contributed by atoms with Gasteiger partial charge in [-0.3, -0.25) is 9.69 Å². The van der Waals surface area contributed by atoms with Crippen LogP contribution in [0.15, 0.2) is 24.3 Å². The molecule has 1 aromatic rings. The molecule has 2 unspecified atom stereocenters. The summed E-state index contributed by atoms with van der Waals surface area (Å²) in [6, 6.07) is 3.42. The molecule has 3 amide bonds. The van der Waals surface area contributed by atoms with Crippen molar-refractivity contribution in [2.24, 2.45) is 11.8 Å². The first-order valence-corrected chi connectivity index (χ1v) is 11.1. The zero-order valence-electron chi connectivity index (χ0n) is 18.4. The number of imide groups is 1. The number of hydrogen-bond acceptors (Lipinski definition) is 4. The first-order chi connectivity index (χ1) is 15.1. The highest BCUT2D eigenvalue weighted by Crippen LogP contribution is 2.37. The normalized spacial score (nSPS) is 23.9. The zero-order chi connectivity index (χ0) is 23.5. The number of halogens is 3. The Morgan fingerprint density at radius 1 is 1.28 bits per heavy atom. The van der Waals surface area contributed by atoms with Crippen LogP contribution in [0.3, 0.4) is 0 Å². The van der Waals surface area contributed by atoms with Crippen molar-refractivity contribution in [3.05, 3.63) is 29.8 Å². The molecule has 2 fully saturated rings. The molecule has 1 heterocycles. The van der Waals surface area contributed by atoms with Gasteiger partial charge in [-0.15, -0.1) is 0 Å². The number of aliphatic hydroxyl groups excluding tert-OH is 1. The quantitative estimate of drug-likeness (QED) is 0.607. The molecule has 2 aliphatic rings. The number of likely N-dealkylation sites (tertiary alicyclic amines) is 1. The topological polar surface area (TPSA) is 78.9 Å². The van der Waals surface area contributed by atoms with Crippen LogP contribution in [0.4, 0.5) is 18.0 Å². The van der Waals surface area contributed by atoms with Crippen molar-refractivity contribution < 1.29 is 32.6 Å². The lowest BCUT2D eigenvalue weighted by molar-refractivity contribution is -0.171.